The van der Waals surface area contributed by atoms with Gasteiger partial charge in [-0.2, -0.15) is 0 Å². The third-order valence-electron chi connectivity index (χ3n) is 2.21. The molecule has 5 heteroatoms. The summed E-state index contributed by atoms with van der Waals surface area (Å²) in [5.74, 6) is 0. The van der Waals surface area contributed by atoms with E-state index in [0.29, 0.717) is 11.4 Å². The molecule has 3 nitrogen and oxygen atoms in total. The van der Waals surface area contributed by atoms with Gasteiger partial charge in [-0.1, -0.05) is 36.5 Å². The second-order valence-corrected chi connectivity index (χ2v) is 3.79. The van der Waals surface area contributed by atoms with Crippen LogP contribution >= 0.6 is 24.6 Å². The Balaban J connectivity index is 0.00000225. The molecule has 0 amide bonds. The number of nitrogens with two attached hydrogens (primary N) is 1. The maximum Gasteiger partial charge on any atom is 0.106 e. The second-order valence-electron chi connectivity index (χ2n) is 3.38. The molecule has 1 rings (SSSR count). The third kappa shape index (κ3) is 4.06. The molecule has 0 spiro atoms. The summed E-state index contributed by atoms with van der Waals surface area (Å²) in [7, 11) is 1.80. The SMILES string of the molecule is CNC(=S)c1ccccc1C[C@H](N)CO.Cl. The van der Waals surface area contributed by atoms with Gasteiger partial charge in [-0.25, -0.2) is 0 Å². The number of thiocarbonyl (C=S) groups is 1. The molecule has 0 aliphatic carbocycles. The van der Waals surface area contributed by atoms with E-state index in [9.17, 15) is 0 Å². The van der Waals surface area contributed by atoms with E-state index < -0.39 is 0 Å². The predicted molar refractivity (Wildman–Crippen MR) is 73.2 cm³/mol. The number of aliphatic hydroxyl groups excluding tert-OH is 1. The number of nitrogens with one attached hydrogen (secondary N) is 1. The van der Waals surface area contributed by atoms with Gasteiger partial charge in [0.15, 0.2) is 0 Å². The van der Waals surface area contributed by atoms with E-state index in [0.717, 1.165) is 11.1 Å². The highest BCUT2D eigenvalue weighted by Crippen LogP contribution is 2.11. The van der Waals surface area contributed by atoms with Gasteiger partial charge in [0.2, 0.25) is 0 Å². The van der Waals surface area contributed by atoms with Crippen LogP contribution in [0.25, 0.3) is 0 Å². The maximum absolute atomic E-state index is 8.91. The van der Waals surface area contributed by atoms with Crippen LogP contribution in [0.2, 0.25) is 0 Å². The Morgan fingerprint density at radius 1 is 1.50 bits per heavy atom. The van der Waals surface area contributed by atoms with E-state index >= 15 is 0 Å². The highest BCUT2D eigenvalue weighted by molar-refractivity contribution is 7.80. The molecule has 0 saturated heterocycles. The van der Waals surface area contributed by atoms with Crippen molar-refractivity contribution >= 4 is 29.6 Å². The highest BCUT2D eigenvalue weighted by atomic mass is 35.5. The first-order valence-electron chi connectivity index (χ1n) is 4.85. The van der Waals surface area contributed by atoms with Crippen molar-refractivity contribution in [2.75, 3.05) is 13.7 Å². The molecule has 4 N–H and O–H groups in total. The summed E-state index contributed by atoms with van der Waals surface area (Å²) in [5, 5.41) is 11.9. The minimum absolute atomic E-state index is 0. The van der Waals surface area contributed by atoms with E-state index in [1.807, 2.05) is 24.3 Å². The van der Waals surface area contributed by atoms with Crippen molar-refractivity contribution in [3.63, 3.8) is 0 Å². The molecule has 1 aromatic carbocycles. The van der Waals surface area contributed by atoms with Crippen LogP contribution in [0.3, 0.4) is 0 Å². The Morgan fingerprint density at radius 2 is 2.12 bits per heavy atom. The summed E-state index contributed by atoms with van der Waals surface area (Å²) >= 11 is 5.18. The van der Waals surface area contributed by atoms with Crippen LogP contribution in [-0.2, 0) is 6.42 Å². The Morgan fingerprint density at radius 3 is 2.69 bits per heavy atom. The molecule has 16 heavy (non-hydrogen) atoms. The first-order valence-corrected chi connectivity index (χ1v) is 5.26. The van der Waals surface area contributed by atoms with Crippen molar-refractivity contribution in [2.24, 2.45) is 5.73 Å². The van der Waals surface area contributed by atoms with Crippen molar-refractivity contribution in [3.05, 3.63) is 35.4 Å². The first kappa shape index (κ1) is 15.3. The van der Waals surface area contributed by atoms with Gasteiger partial charge in [0.1, 0.15) is 4.99 Å². The zero-order chi connectivity index (χ0) is 11.3. The standard InChI is InChI=1S/C11H16N2OS.ClH/c1-13-11(15)10-5-3-2-4-8(10)6-9(12)7-14;/h2-5,9,14H,6-7,12H2,1H3,(H,13,15);1H/t9-;/m0./s1. The van der Waals surface area contributed by atoms with E-state index in [-0.39, 0.29) is 25.1 Å². The highest BCUT2D eigenvalue weighted by Gasteiger charge is 2.09. The normalized spacial score (nSPS) is 11.4. The van der Waals surface area contributed by atoms with Crippen molar-refractivity contribution in [2.45, 2.75) is 12.5 Å². The lowest BCUT2D eigenvalue weighted by Crippen LogP contribution is -2.28. The van der Waals surface area contributed by atoms with Crippen molar-refractivity contribution < 1.29 is 5.11 Å². The smallest absolute Gasteiger partial charge is 0.106 e. The van der Waals surface area contributed by atoms with Crippen LogP contribution in [0.5, 0.6) is 0 Å². The molecule has 0 aliphatic rings. The van der Waals surface area contributed by atoms with E-state index in [1.165, 1.54) is 0 Å². The third-order valence-corrected chi connectivity index (χ3v) is 2.63. The topological polar surface area (TPSA) is 58.3 Å². The lowest BCUT2D eigenvalue weighted by Gasteiger charge is -2.13. The van der Waals surface area contributed by atoms with E-state index in [2.05, 4.69) is 5.32 Å². The van der Waals surface area contributed by atoms with Crippen LogP contribution < -0.4 is 11.1 Å². The van der Waals surface area contributed by atoms with Gasteiger partial charge in [-0.3, -0.25) is 0 Å². The molecular formula is C11H17ClN2OS. The number of hydrogen-bond donors (Lipinski definition) is 3. The summed E-state index contributed by atoms with van der Waals surface area (Å²) in [6.45, 7) is -0.0132. The van der Waals surface area contributed by atoms with Crippen LogP contribution in [0.15, 0.2) is 24.3 Å². The summed E-state index contributed by atoms with van der Waals surface area (Å²) in [6.07, 6.45) is 0.633. The molecule has 90 valence electrons. The van der Waals surface area contributed by atoms with Gasteiger partial charge >= 0.3 is 0 Å². The van der Waals surface area contributed by atoms with E-state index in [4.69, 9.17) is 23.1 Å². The molecule has 1 atom stereocenters. The number of benzene rings is 1. The van der Waals surface area contributed by atoms with Crippen LogP contribution in [0.4, 0.5) is 0 Å². The molecule has 0 bridgehead atoms. The second kappa shape index (κ2) is 7.57. The molecule has 0 aliphatic heterocycles. The van der Waals surface area contributed by atoms with Crippen LogP contribution in [-0.4, -0.2) is 29.8 Å². The summed E-state index contributed by atoms with van der Waals surface area (Å²) < 4.78 is 0. The Bertz CT molecular complexity index is 347. The Hall–Kier alpha value is -0.680. The average molecular weight is 261 g/mol. The van der Waals surface area contributed by atoms with Gasteiger partial charge in [-0.15, -0.1) is 12.4 Å². The minimum Gasteiger partial charge on any atom is -0.395 e. The lowest BCUT2D eigenvalue weighted by atomic mass is 10.0. The molecular weight excluding hydrogens is 244 g/mol. The van der Waals surface area contributed by atoms with Crippen molar-refractivity contribution in [1.29, 1.82) is 0 Å². The summed E-state index contributed by atoms with van der Waals surface area (Å²) in [5.41, 5.74) is 7.75. The average Bonchev–Trinajstić information content (AvgIpc) is 2.28. The fourth-order valence-corrected chi connectivity index (χ4v) is 1.60. The molecule has 0 heterocycles. The van der Waals surface area contributed by atoms with E-state index in [1.54, 1.807) is 7.05 Å². The predicted octanol–water partition coefficient (Wildman–Crippen LogP) is 0.865. The fraction of sp³-hybridized carbons (Fsp3) is 0.364. The zero-order valence-corrected chi connectivity index (χ0v) is 10.8. The molecule has 0 radical (unpaired) electrons. The molecule has 1 aromatic rings. The molecule has 0 fully saturated rings. The minimum atomic E-state index is -0.231. The first-order chi connectivity index (χ1) is 7.19. The molecule has 0 saturated carbocycles. The van der Waals surface area contributed by atoms with Crippen LogP contribution in [0, 0.1) is 0 Å². The van der Waals surface area contributed by atoms with Crippen molar-refractivity contribution in [3.8, 4) is 0 Å². The number of halogens is 1. The lowest BCUT2D eigenvalue weighted by molar-refractivity contribution is 0.265. The van der Waals surface area contributed by atoms with Gasteiger partial charge in [0, 0.05) is 18.7 Å². The Kier molecular flexibility index (Phi) is 7.25. The monoisotopic (exact) mass is 260 g/mol. The fourth-order valence-electron chi connectivity index (χ4n) is 1.40. The number of rotatable bonds is 4. The zero-order valence-electron chi connectivity index (χ0n) is 9.14. The number of aliphatic hydroxyl groups is 1. The van der Waals surface area contributed by atoms with Gasteiger partial charge < -0.3 is 16.2 Å². The quantitative estimate of drug-likeness (QED) is 0.703. The maximum atomic E-state index is 8.91. The van der Waals surface area contributed by atoms with Crippen LogP contribution in [0.1, 0.15) is 11.1 Å². The van der Waals surface area contributed by atoms with Crippen molar-refractivity contribution in [1.82, 2.24) is 5.32 Å². The largest absolute Gasteiger partial charge is 0.395 e. The Labute approximate surface area is 107 Å². The summed E-state index contributed by atoms with van der Waals surface area (Å²) in [4.78, 5) is 0.704. The molecule has 0 unspecified atom stereocenters. The van der Waals surface area contributed by atoms with Gasteiger partial charge in [0.05, 0.1) is 6.61 Å². The number of hydrogen-bond acceptors (Lipinski definition) is 3. The van der Waals surface area contributed by atoms with Gasteiger partial charge in [-0.05, 0) is 12.0 Å². The van der Waals surface area contributed by atoms with Gasteiger partial charge in [0.25, 0.3) is 0 Å². The molecule has 0 aromatic heterocycles. The summed E-state index contributed by atoms with van der Waals surface area (Å²) in [6, 6.07) is 7.59.